The maximum absolute atomic E-state index is 6.25. The molecule has 1 N–H and O–H groups in total. The lowest BCUT2D eigenvalue weighted by molar-refractivity contribution is 0.203. The molecule has 3 rings (SSSR count). The van der Waals surface area contributed by atoms with Crippen LogP contribution >= 0.6 is 12.4 Å². The van der Waals surface area contributed by atoms with E-state index in [0.717, 1.165) is 50.5 Å². The van der Waals surface area contributed by atoms with Crippen molar-refractivity contribution in [1.29, 1.82) is 0 Å². The molecule has 0 fully saturated rings. The summed E-state index contributed by atoms with van der Waals surface area (Å²) in [6, 6.07) is 8.37. The van der Waals surface area contributed by atoms with Crippen LogP contribution in [0.1, 0.15) is 25.3 Å². The number of aryl methyl sites for hydroxylation is 1. The largest absolute Gasteiger partial charge is 0.496 e. The van der Waals surface area contributed by atoms with Crippen molar-refractivity contribution < 1.29 is 9.47 Å². The number of halogens is 1. The van der Waals surface area contributed by atoms with Crippen LogP contribution in [0.15, 0.2) is 35.6 Å². The summed E-state index contributed by atoms with van der Waals surface area (Å²) in [4.78, 5) is 0. The molecule has 0 saturated carbocycles. The van der Waals surface area contributed by atoms with Gasteiger partial charge in [-0.1, -0.05) is 31.5 Å². The molecule has 0 amide bonds. The Balaban J connectivity index is 0.00000147. The van der Waals surface area contributed by atoms with Crippen molar-refractivity contribution in [3.8, 4) is 5.75 Å². The second-order valence-corrected chi connectivity index (χ2v) is 5.14. The van der Waals surface area contributed by atoms with Crippen LogP contribution in [0.5, 0.6) is 5.75 Å². The molecule has 1 aromatic carbocycles. The van der Waals surface area contributed by atoms with Crippen LogP contribution in [0, 0.1) is 0 Å². The van der Waals surface area contributed by atoms with Gasteiger partial charge in [0.05, 0.1) is 13.2 Å². The van der Waals surface area contributed by atoms with Gasteiger partial charge in [0.15, 0.2) is 0 Å². The Kier molecular flexibility index (Phi) is 5.32. The molecule has 0 aromatic heterocycles. The molecular weight excluding hydrogens is 274 g/mol. The van der Waals surface area contributed by atoms with E-state index in [1.165, 1.54) is 11.1 Å². The lowest BCUT2D eigenvalue weighted by atomic mass is 10.0. The van der Waals surface area contributed by atoms with E-state index in [2.05, 4.69) is 30.4 Å². The van der Waals surface area contributed by atoms with Crippen LogP contribution in [0.25, 0.3) is 0 Å². The van der Waals surface area contributed by atoms with Crippen molar-refractivity contribution in [2.75, 3.05) is 19.7 Å². The molecule has 2 aliphatic heterocycles. The van der Waals surface area contributed by atoms with Gasteiger partial charge in [0.2, 0.25) is 0 Å². The van der Waals surface area contributed by atoms with E-state index in [4.69, 9.17) is 9.47 Å². The van der Waals surface area contributed by atoms with Gasteiger partial charge in [0.1, 0.15) is 17.6 Å². The van der Waals surface area contributed by atoms with Gasteiger partial charge in [-0.2, -0.15) is 0 Å². The Labute approximate surface area is 126 Å². The van der Waals surface area contributed by atoms with Gasteiger partial charge < -0.3 is 14.8 Å². The molecule has 0 radical (unpaired) electrons. The maximum Gasteiger partial charge on any atom is 0.136 e. The van der Waals surface area contributed by atoms with Gasteiger partial charge in [-0.15, -0.1) is 12.4 Å². The van der Waals surface area contributed by atoms with Crippen LogP contribution < -0.4 is 10.1 Å². The Morgan fingerprint density at radius 1 is 1.35 bits per heavy atom. The first-order chi connectivity index (χ1) is 9.38. The van der Waals surface area contributed by atoms with E-state index in [-0.39, 0.29) is 18.5 Å². The molecule has 0 aliphatic carbocycles. The van der Waals surface area contributed by atoms with Crippen LogP contribution in [-0.2, 0) is 11.2 Å². The number of ether oxygens (including phenoxy) is 2. The van der Waals surface area contributed by atoms with Gasteiger partial charge in [-0.05, 0) is 18.1 Å². The Bertz CT molecular complexity index is 487. The SMILES string of the molecule is CCCc1ccccc1OC1CNCC2=C1CCO2.Cl. The fraction of sp³-hybridized carbons (Fsp3) is 0.500. The van der Waals surface area contributed by atoms with E-state index in [9.17, 15) is 0 Å². The molecule has 110 valence electrons. The summed E-state index contributed by atoms with van der Waals surface area (Å²) in [5, 5.41) is 3.37. The second kappa shape index (κ2) is 7.00. The fourth-order valence-corrected chi connectivity index (χ4v) is 2.82. The molecule has 1 unspecified atom stereocenters. The van der Waals surface area contributed by atoms with E-state index in [1.54, 1.807) is 0 Å². The number of hydrogen-bond acceptors (Lipinski definition) is 3. The summed E-state index contributed by atoms with van der Waals surface area (Å²) in [6.07, 6.45) is 3.35. The number of hydrogen-bond donors (Lipinski definition) is 1. The molecule has 0 spiro atoms. The third kappa shape index (κ3) is 3.10. The van der Waals surface area contributed by atoms with Gasteiger partial charge in [-0.25, -0.2) is 0 Å². The highest BCUT2D eigenvalue weighted by molar-refractivity contribution is 5.85. The van der Waals surface area contributed by atoms with E-state index in [1.807, 2.05) is 6.07 Å². The number of para-hydroxylation sites is 1. The Hall–Kier alpha value is -1.19. The molecule has 1 atom stereocenters. The van der Waals surface area contributed by atoms with Gasteiger partial charge in [0.25, 0.3) is 0 Å². The summed E-state index contributed by atoms with van der Waals surface area (Å²) in [5.74, 6) is 2.13. The minimum Gasteiger partial charge on any atom is -0.496 e. The third-order valence-corrected chi connectivity index (χ3v) is 3.77. The van der Waals surface area contributed by atoms with Gasteiger partial charge in [-0.3, -0.25) is 0 Å². The summed E-state index contributed by atoms with van der Waals surface area (Å²) < 4.78 is 11.9. The quantitative estimate of drug-likeness (QED) is 0.926. The third-order valence-electron chi connectivity index (χ3n) is 3.77. The summed E-state index contributed by atoms with van der Waals surface area (Å²) >= 11 is 0. The molecule has 2 aliphatic rings. The Morgan fingerprint density at radius 2 is 2.20 bits per heavy atom. The van der Waals surface area contributed by atoms with Crippen molar-refractivity contribution in [2.45, 2.75) is 32.3 Å². The maximum atomic E-state index is 6.25. The Morgan fingerprint density at radius 3 is 3.05 bits per heavy atom. The highest BCUT2D eigenvalue weighted by Gasteiger charge is 2.29. The number of nitrogens with one attached hydrogen (secondary N) is 1. The fourth-order valence-electron chi connectivity index (χ4n) is 2.82. The zero-order valence-electron chi connectivity index (χ0n) is 11.9. The number of rotatable bonds is 4. The molecule has 4 heteroatoms. The molecule has 0 bridgehead atoms. The van der Waals surface area contributed by atoms with Gasteiger partial charge in [0, 0.05) is 18.5 Å². The van der Waals surface area contributed by atoms with Crippen LogP contribution in [0.4, 0.5) is 0 Å². The normalized spacial score (nSPS) is 20.9. The summed E-state index contributed by atoms with van der Waals surface area (Å²) in [5.41, 5.74) is 2.65. The minimum absolute atomic E-state index is 0. The zero-order chi connectivity index (χ0) is 13.1. The first-order valence-electron chi connectivity index (χ1n) is 7.18. The highest BCUT2D eigenvalue weighted by atomic mass is 35.5. The van der Waals surface area contributed by atoms with Crippen LogP contribution in [-0.4, -0.2) is 25.8 Å². The average molecular weight is 296 g/mol. The van der Waals surface area contributed by atoms with Crippen LogP contribution in [0.3, 0.4) is 0 Å². The minimum atomic E-state index is 0. The average Bonchev–Trinajstić information content (AvgIpc) is 2.91. The number of benzene rings is 1. The van der Waals surface area contributed by atoms with Gasteiger partial charge >= 0.3 is 0 Å². The van der Waals surface area contributed by atoms with Crippen molar-refractivity contribution in [3.05, 3.63) is 41.2 Å². The van der Waals surface area contributed by atoms with Crippen molar-refractivity contribution in [2.24, 2.45) is 0 Å². The second-order valence-electron chi connectivity index (χ2n) is 5.14. The summed E-state index contributed by atoms with van der Waals surface area (Å²) in [6.45, 7) is 4.74. The first-order valence-corrected chi connectivity index (χ1v) is 7.18. The van der Waals surface area contributed by atoms with Crippen molar-refractivity contribution in [1.82, 2.24) is 5.32 Å². The molecule has 3 nitrogen and oxygen atoms in total. The smallest absolute Gasteiger partial charge is 0.136 e. The van der Waals surface area contributed by atoms with E-state index >= 15 is 0 Å². The van der Waals surface area contributed by atoms with E-state index in [0.29, 0.717) is 0 Å². The molecule has 20 heavy (non-hydrogen) atoms. The predicted octanol–water partition coefficient (Wildman–Crippen LogP) is 3.09. The lowest BCUT2D eigenvalue weighted by Crippen LogP contribution is -2.38. The molecular formula is C16H22ClNO2. The highest BCUT2D eigenvalue weighted by Crippen LogP contribution is 2.29. The first kappa shape index (κ1) is 15.2. The monoisotopic (exact) mass is 295 g/mol. The van der Waals surface area contributed by atoms with Crippen molar-refractivity contribution in [3.63, 3.8) is 0 Å². The standard InChI is InChI=1S/C16H21NO2.ClH/c1-2-5-12-6-3-4-7-14(12)19-16-11-17-10-15-13(16)8-9-18-15;/h3-4,6-7,16-17H,2,5,8-11H2,1H3;1H. The lowest BCUT2D eigenvalue weighted by Gasteiger charge is -2.26. The predicted molar refractivity (Wildman–Crippen MR) is 82.6 cm³/mol. The van der Waals surface area contributed by atoms with E-state index < -0.39 is 0 Å². The van der Waals surface area contributed by atoms with Crippen LogP contribution in [0.2, 0.25) is 0 Å². The topological polar surface area (TPSA) is 30.5 Å². The molecule has 1 aromatic rings. The molecule has 0 saturated heterocycles. The zero-order valence-corrected chi connectivity index (χ0v) is 12.7. The van der Waals surface area contributed by atoms with Crippen molar-refractivity contribution >= 4 is 12.4 Å². The summed E-state index contributed by atoms with van der Waals surface area (Å²) in [7, 11) is 0. The molecule has 2 heterocycles.